The van der Waals surface area contributed by atoms with Crippen LogP contribution in [0.5, 0.6) is 5.75 Å². The molecule has 0 atom stereocenters. The van der Waals surface area contributed by atoms with Crippen molar-refractivity contribution in [2.24, 2.45) is 0 Å². The zero-order valence-electron chi connectivity index (χ0n) is 14.4. The van der Waals surface area contributed by atoms with Gasteiger partial charge in [-0.1, -0.05) is 36.4 Å². The molecular formula is C22H18N2O2. The van der Waals surface area contributed by atoms with E-state index < -0.39 is 0 Å². The molecule has 1 aromatic heterocycles. The molecule has 1 amide bonds. The normalized spacial score (nSPS) is 10.8. The quantitative estimate of drug-likeness (QED) is 0.572. The summed E-state index contributed by atoms with van der Waals surface area (Å²) in [6, 6.07) is 24.1. The van der Waals surface area contributed by atoms with Crippen LogP contribution in [0.2, 0.25) is 0 Å². The Morgan fingerprint density at radius 3 is 2.58 bits per heavy atom. The molecule has 0 saturated carbocycles. The van der Waals surface area contributed by atoms with Crippen molar-refractivity contribution in [3.8, 4) is 5.75 Å². The summed E-state index contributed by atoms with van der Waals surface area (Å²) >= 11 is 0. The van der Waals surface area contributed by atoms with Gasteiger partial charge in [0.05, 0.1) is 5.52 Å². The first-order valence-electron chi connectivity index (χ1n) is 8.46. The van der Waals surface area contributed by atoms with Gasteiger partial charge in [-0.15, -0.1) is 0 Å². The second kappa shape index (κ2) is 6.84. The van der Waals surface area contributed by atoms with Crippen LogP contribution in [0.4, 0.5) is 5.82 Å². The predicted molar refractivity (Wildman–Crippen MR) is 104 cm³/mol. The highest BCUT2D eigenvalue weighted by molar-refractivity contribution is 5.90. The number of carbonyl (C=O) groups excluding carboxylic acids is 1. The molecule has 0 aliphatic rings. The van der Waals surface area contributed by atoms with Gasteiger partial charge < -0.3 is 10.1 Å². The van der Waals surface area contributed by atoms with Crippen LogP contribution in [0, 0.1) is 0 Å². The number of benzene rings is 3. The summed E-state index contributed by atoms with van der Waals surface area (Å²) in [5.41, 5.74) is 1.91. The highest BCUT2D eigenvalue weighted by atomic mass is 16.5. The third-order valence-electron chi connectivity index (χ3n) is 4.18. The third kappa shape index (κ3) is 3.49. The van der Waals surface area contributed by atoms with Gasteiger partial charge in [0.25, 0.3) is 0 Å². The van der Waals surface area contributed by atoms with Gasteiger partial charge in [0, 0.05) is 12.3 Å². The van der Waals surface area contributed by atoms with Crippen molar-refractivity contribution in [1.82, 2.24) is 4.98 Å². The fourth-order valence-electron chi connectivity index (χ4n) is 2.94. The monoisotopic (exact) mass is 342 g/mol. The minimum atomic E-state index is -0.128. The van der Waals surface area contributed by atoms with Crippen LogP contribution in [0.3, 0.4) is 0 Å². The van der Waals surface area contributed by atoms with Gasteiger partial charge in [-0.2, -0.15) is 0 Å². The number of anilines is 1. The summed E-state index contributed by atoms with van der Waals surface area (Å²) in [6.45, 7) is 1.96. The number of ether oxygens (including phenoxy) is 1. The Morgan fingerprint density at radius 1 is 0.923 bits per heavy atom. The molecule has 0 fully saturated rings. The van der Waals surface area contributed by atoms with E-state index in [0.29, 0.717) is 12.4 Å². The van der Waals surface area contributed by atoms with Gasteiger partial charge in [0.1, 0.15) is 18.2 Å². The smallest absolute Gasteiger partial charge is 0.222 e. The van der Waals surface area contributed by atoms with Crippen molar-refractivity contribution in [3.05, 3.63) is 78.4 Å². The molecule has 4 nitrogen and oxygen atoms in total. The average molecular weight is 342 g/mol. The Balaban J connectivity index is 1.52. The number of fused-ring (bicyclic) bond motifs is 2. The maximum absolute atomic E-state index is 11.1. The number of hydrogen-bond donors (Lipinski definition) is 1. The first-order chi connectivity index (χ1) is 12.7. The molecule has 0 bridgehead atoms. The van der Waals surface area contributed by atoms with E-state index in [0.717, 1.165) is 22.2 Å². The Labute approximate surface area is 151 Å². The standard InChI is InChI=1S/C22H18N2O2/c1-15(25)23-22-11-8-19-12-16(6-10-21(19)24-22)14-26-20-9-7-17-4-2-3-5-18(17)13-20/h2-13H,14H2,1H3,(H,23,24,25). The number of amides is 1. The first kappa shape index (κ1) is 16.1. The fourth-order valence-corrected chi connectivity index (χ4v) is 2.94. The maximum atomic E-state index is 11.1. The molecule has 0 spiro atoms. The molecule has 0 unspecified atom stereocenters. The Hall–Kier alpha value is -3.40. The molecule has 128 valence electrons. The van der Waals surface area contributed by atoms with Crippen LogP contribution < -0.4 is 10.1 Å². The number of nitrogens with zero attached hydrogens (tertiary/aromatic N) is 1. The van der Waals surface area contributed by atoms with Gasteiger partial charge in [-0.3, -0.25) is 4.79 Å². The summed E-state index contributed by atoms with van der Waals surface area (Å²) in [5, 5.41) is 6.08. The largest absolute Gasteiger partial charge is 0.489 e. The lowest BCUT2D eigenvalue weighted by atomic mass is 10.1. The van der Waals surface area contributed by atoms with Crippen molar-refractivity contribution in [1.29, 1.82) is 0 Å². The summed E-state index contributed by atoms with van der Waals surface area (Å²) in [6.07, 6.45) is 0. The molecule has 0 aliphatic heterocycles. The number of rotatable bonds is 4. The SMILES string of the molecule is CC(=O)Nc1ccc2cc(COc3ccc4ccccc4c3)ccc2n1. The zero-order valence-corrected chi connectivity index (χ0v) is 14.4. The second-order valence-electron chi connectivity index (χ2n) is 6.20. The van der Waals surface area contributed by atoms with Crippen molar-refractivity contribution < 1.29 is 9.53 Å². The van der Waals surface area contributed by atoms with Crippen LogP contribution in [0.1, 0.15) is 12.5 Å². The Bertz CT molecular complexity index is 1110. The van der Waals surface area contributed by atoms with E-state index in [1.54, 1.807) is 6.07 Å². The molecule has 3 aromatic carbocycles. The van der Waals surface area contributed by atoms with Crippen molar-refractivity contribution in [2.75, 3.05) is 5.32 Å². The molecule has 4 heteroatoms. The maximum Gasteiger partial charge on any atom is 0.222 e. The van der Waals surface area contributed by atoms with Crippen LogP contribution in [-0.2, 0) is 11.4 Å². The lowest BCUT2D eigenvalue weighted by molar-refractivity contribution is -0.114. The Morgan fingerprint density at radius 2 is 1.73 bits per heavy atom. The molecule has 4 aromatic rings. The summed E-state index contributed by atoms with van der Waals surface area (Å²) in [4.78, 5) is 15.6. The molecular weight excluding hydrogens is 324 g/mol. The zero-order chi connectivity index (χ0) is 17.9. The van der Waals surface area contributed by atoms with Crippen LogP contribution >= 0.6 is 0 Å². The van der Waals surface area contributed by atoms with E-state index in [1.807, 2.05) is 36.4 Å². The van der Waals surface area contributed by atoms with E-state index >= 15 is 0 Å². The number of hydrogen-bond acceptors (Lipinski definition) is 3. The third-order valence-corrected chi connectivity index (χ3v) is 4.18. The van der Waals surface area contributed by atoms with Crippen molar-refractivity contribution in [3.63, 3.8) is 0 Å². The predicted octanol–water partition coefficient (Wildman–Crippen LogP) is 4.93. The Kier molecular flexibility index (Phi) is 4.23. The van der Waals surface area contributed by atoms with Gasteiger partial charge in [-0.25, -0.2) is 4.98 Å². The lowest BCUT2D eigenvalue weighted by Gasteiger charge is -2.09. The highest BCUT2D eigenvalue weighted by Crippen LogP contribution is 2.22. The minimum Gasteiger partial charge on any atom is -0.489 e. The van der Waals surface area contributed by atoms with E-state index in [-0.39, 0.29) is 5.91 Å². The second-order valence-corrected chi connectivity index (χ2v) is 6.20. The first-order valence-corrected chi connectivity index (χ1v) is 8.46. The molecule has 1 heterocycles. The molecule has 4 rings (SSSR count). The van der Waals surface area contributed by atoms with E-state index in [9.17, 15) is 4.79 Å². The van der Waals surface area contributed by atoms with E-state index in [1.165, 1.54) is 17.7 Å². The minimum absolute atomic E-state index is 0.128. The van der Waals surface area contributed by atoms with Gasteiger partial charge >= 0.3 is 0 Å². The lowest BCUT2D eigenvalue weighted by Crippen LogP contribution is -2.07. The van der Waals surface area contributed by atoms with E-state index in [4.69, 9.17) is 4.74 Å². The van der Waals surface area contributed by atoms with Gasteiger partial charge in [0.15, 0.2) is 0 Å². The van der Waals surface area contributed by atoms with Crippen molar-refractivity contribution in [2.45, 2.75) is 13.5 Å². The van der Waals surface area contributed by atoms with Crippen LogP contribution in [0.25, 0.3) is 21.7 Å². The number of aromatic nitrogens is 1. The number of nitrogens with one attached hydrogen (secondary N) is 1. The molecule has 1 N–H and O–H groups in total. The number of pyridine rings is 1. The molecule has 0 radical (unpaired) electrons. The molecule has 0 aliphatic carbocycles. The van der Waals surface area contributed by atoms with E-state index in [2.05, 4.69) is 40.6 Å². The topological polar surface area (TPSA) is 51.2 Å². The molecule has 0 saturated heterocycles. The highest BCUT2D eigenvalue weighted by Gasteiger charge is 2.03. The average Bonchev–Trinajstić information content (AvgIpc) is 2.65. The molecule has 26 heavy (non-hydrogen) atoms. The summed E-state index contributed by atoms with van der Waals surface area (Å²) in [5.74, 6) is 1.28. The fraction of sp³-hybridized carbons (Fsp3) is 0.0909. The van der Waals surface area contributed by atoms with Gasteiger partial charge in [0.2, 0.25) is 5.91 Å². The van der Waals surface area contributed by atoms with Crippen LogP contribution in [-0.4, -0.2) is 10.9 Å². The summed E-state index contributed by atoms with van der Waals surface area (Å²) in [7, 11) is 0. The number of carbonyl (C=O) groups is 1. The van der Waals surface area contributed by atoms with Crippen molar-refractivity contribution >= 4 is 33.4 Å². The van der Waals surface area contributed by atoms with Gasteiger partial charge in [-0.05, 0) is 52.7 Å². The summed E-state index contributed by atoms with van der Waals surface area (Å²) < 4.78 is 5.95. The van der Waals surface area contributed by atoms with Crippen LogP contribution in [0.15, 0.2) is 72.8 Å².